The number of aryl methyl sites for hydroxylation is 1. The number of para-hydroxylation sites is 1. The number of aliphatic hydroxyl groups is 1. The molecule has 15 nitrogen and oxygen atoms in total. The summed E-state index contributed by atoms with van der Waals surface area (Å²) in [5.74, 6) is -0.927. The van der Waals surface area contributed by atoms with Gasteiger partial charge in [0.2, 0.25) is 23.6 Å². The van der Waals surface area contributed by atoms with Crippen LogP contribution in [0.25, 0.3) is 17.1 Å². The SMILES string of the molecule is Cc1nn(-c2ccccc2)c(C)c1CC(=O)N[C@H]1Cc2ccc(cc2)OCCNC(=O)Cn2nc(-c3ccccc3)nc2[C@H](C)NC(=O)[C@H](CO)NC1=O. The van der Waals surface area contributed by atoms with E-state index in [0.717, 1.165) is 16.9 Å². The second-order valence-corrected chi connectivity index (χ2v) is 13.0. The Balaban J connectivity index is 1.25. The molecule has 5 aromatic rings. The number of nitrogens with one attached hydrogen (secondary N) is 4. The fraction of sp³-hybridized carbons (Fsp3) is 0.308. The minimum Gasteiger partial charge on any atom is -0.492 e. The predicted molar refractivity (Wildman–Crippen MR) is 198 cm³/mol. The van der Waals surface area contributed by atoms with Crippen molar-refractivity contribution >= 4 is 23.6 Å². The van der Waals surface area contributed by atoms with E-state index in [4.69, 9.17) is 4.74 Å². The third-order valence-corrected chi connectivity index (χ3v) is 9.07. The summed E-state index contributed by atoms with van der Waals surface area (Å²) >= 11 is 0. The van der Waals surface area contributed by atoms with Crippen LogP contribution in [0.5, 0.6) is 5.75 Å². The Bertz CT molecular complexity index is 2100. The molecule has 7 rings (SSSR count). The van der Waals surface area contributed by atoms with Crippen LogP contribution in [0.1, 0.15) is 41.3 Å². The Kier molecular flexibility index (Phi) is 11.8. The van der Waals surface area contributed by atoms with E-state index in [1.807, 2.05) is 74.5 Å². The highest BCUT2D eigenvalue weighted by atomic mass is 16.5. The second-order valence-electron chi connectivity index (χ2n) is 13.0. The van der Waals surface area contributed by atoms with E-state index in [2.05, 4.69) is 36.4 Å². The van der Waals surface area contributed by atoms with Gasteiger partial charge in [-0.05, 0) is 50.6 Å². The molecule has 3 aromatic carbocycles. The standard InChI is InChI=1S/C39H43N9O6/c1-24-31(26(3)48(45-24)29-12-8-5-9-13-29)21-34(50)42-32-20-27-14-16-30(17-15-27)54-19-18-40-35(51)22-47-37(44-36(46-47)28-10-6-4-7-11-28)25(2)41-39(53)33(23-49)43-38(32)52/h4-17,25,32-33,49H,18-23H2,1-3H3,(H,40,51)(H,41,53)(H,42,50)(H,43,52)/t25-,32-,33-/m0/s1. The lowest BCUT2D eigenvalue weighted by Crippen LogP contribution is -2.56. The van der Waals surface area contributed by atoms with E-state index >= 15 is 0 Å². The minimum atomic E-state index is -1.37. The highest BCUT2D eigenvalue weighted by Gasteiger charge is 2.30. The van der Waals surface area contributed by atoms with Gasteiger partial charge in [-0.1, -0.05) is 60.7 Å². The fourth-order valence-corrected chi connectivity index (χ4v) is 6.22. The molecule has 54 heavy (non-hydrogen) atoms. The predicted octanol–water partition coefficient (Wildman–Crippen LogP) is 1.88. The van der Waals surface area contributed by atoms with Crippen LogP contribution in [0.4, 0.5) is 0 Å². The van der Waals surface area contributed by atoms with Gasteiger partial charge in [-0.25, -0.2) is 14.3 Å². The van der Waals surface area contributed by atoms with Gasteiger partial charge in [0.15, 0.2) is 5.82 Å². The Morgan fingerprint density at radius 3 is 2.33 bits per heavy atom. The van der Waals surface area contributed by atoms with Crippen molar-refractivity contribution < 1.29 is 29.0 Å². The number of rotatable bonds is 6. The summed E-state index contributed by atoms with van der Waals surface area (Å²) in [7, 11) is 0. The molecule has 2 bridgehead atoms. The van der Waals surface area contributed by atoms with Crippen LogP contribution in [-0.2, 0) is 38.6 Å². The van der Waals surface area contributed by atoms with Gasteiger partial charge in [0.25, 0.3) is 0 Å². The Morgan fingerprint density at radius 2 is 1.63 bits per heavy atom. The van der Waals surface area contributed by atoms with Crippen LogP contribution in [0.3, 0.4) is 0 Å². The Morgan fingerprint density at radius 1 is 0.926 bits per heavy atom. The first-order valence-corrected chi connectivity index (χ1v) is 17.7. The highest BCUT2D eigenvalue weighted by molar-refractivity contribution is 5.93. The molecule has 4 amide bonds. The third kappa shape index (κ3) is 8.98. The fourth-order valence-electron chi connectivity index (χ4n) is 6.22. The number of amides is 4. The smallest absolute Gasteiger partial charge is 0.245 e. The van der Waals surface area contributed by atoms with Gasteiger partial charge in [-0.15, -0.1) is 0 Å². The molecule has 0 radical (unpaired) electrons. The lowest BCUT2D eigenvalue weighted by molar-refractivity contribution is -0.132. The van der Waals surface area contributed by atoms with Crippen LogP contribution in [0, 0.1) is 13.8 Å². The molecule has 0 unspecified atom stereocenters. The quantitative estimate of drug-likeness (QED) is 0.173. The molecule has 0 saturated heterocycles. The van der Waals surface area contributed by atoms with E-state index < -0.39 is 42.5 Å². The molecule has 0 spiro atoms. The number of hydrogen-bond acceptors (Lipinski definition) is 9. The van der Waals surface area contributed by atoms with Crippen molar-refractivity contribution in [1.82, 2.24) is 45.8 Å². The molecule has 5 N–H and O–H groups in total. The third-order valence-electron chi connectivity index (χ3n) is 9.07. The summed E-state index contributed by atoms with van der Waals surface area (Å²) in [6, 6.07) is 22.5. The summed E-state index contributed by atoms with van der Waals surface area (Å²) in [5.41, 5.74) is 4.48. The number of ether oxygens (including phenoxy) is 1. The summed E-state index contributed by atoms with van der Waals surface area (Å²) < 4.78 is 9.02. The Labute approximate surface area is 312 Å². The van der Waals surface area contributed by atoms with Crippen molar-refractivity contribution in [2.75, 3.05) is 19.8 Å². The lowest BCUT2D eigenvalue weighted by Gasteiger charge is -2.24. The maximum absolute atomic E-state index is 13.9. The number of benzene rings is 3. The molecule has 0 aliphatic carbocycles. The summed E-state index contributed by atoms with van der Waals surface area (Å²) in [6.07, 6.45) is 0.0430. The van der Waals surface area contributed by atoms with E-state index in [1.54, 1.807) is 35.9 Å². The molecule has 4 heterocycles. The normalized spacial score (nSPS) is 18.4. The molecule has 2 aliphatic rings. The number of carbonyl (C=O) groups excluding carboxylic acids is 4. The van der Waals surface area contributed by atoms with Gasteiger partial charge in [0.1, 0.15) is 36.8 Å². The van der Waals surface area contributed by atoms with E-state index in [1.165, 1.54) is 4.68 Å². The van der Waals surface area contributed by atoms with Crippen molar-refractivity contribution in [1.29, 1.82) is 0 Å². The average molecular weight is 734 g/mol. The van der Waals surface area contributed by atoms with Gasteiger partial charge < -0.3 is 31.1 Å². The van der Waals surface area contributed by atoms with Gasteiger partial charge in [0, 0.05) is 23.2 Å². The van der Waals surface area contributed by atoms with Crippen molar-refractivity contribution in [3.05, 3.63) is 113 Å². The minimum absolute atomic E-state index is 0.0370. The Hall–Kier alpha value is -6.35. The van der Waals surface area contributed by atoms with Gasteiger partial charge in [-0.2, -0.15) is 10.2 Å². The molecule has 15 heteroatoms. The van der Waals surface area contributed by atoms with Crippen molar-refractivity contribution in [2.45, 2.75) is 58.3 Å². The van der Waals surface area contributed by atoms with E-state index in [0.29, 0.717) is 28.4 Å². The number of nitrogens with zero attached hydrogens (tertiary/aromatic N) is 5. The molecular formula is C39H43N9O6. The zero-order valence-corrected chi connectivity index (χ0v) is 30.3. The molecule has 280 valence electrons. The summed E-state index contributed by atoms with van der Waals surface area (Å²) in [6.45, 7) is 4.89. The topological polar surface area (TPSA) is 194 Å². The largest absolute Gasteiger partial charge is 0.492 e. The first-order valence-electron chi connectivity index (χ1n) is 17.7. The van der Waals surface area contributed by atoms with Crippen LogP contribution in [0.15, 0.2) is 84.9 Å². The zero-order valence-electron chi connectivity index (χ0n) is 30.3. The molecule has 3 atom stereocenters. The first kappa shape index (κ1) is 37.4. The number of aromatic nitrogens is 5. The number of carbonyl (C=O) groups is 4. The zero-order chi connectivity index (χ0) is 38.2. The molecule has 0 fully saturated rings. The van der Waals surface area contributed by atoms with Crippen LogP contribution < -0.4 is 26.0 Å². The average Bonchev–Trinajstić information content (AvgIpc) is 3.72. The molecule has 2 aliphatic heterocycles. The molecule has 2 aromatic heterocycles. The van der Waals surface area contributed by atoms with Gasteiger partial charge in [-0.3, -0.25) is 19.2 Å². The monoisotopic (exact) mass is 733 g/mol. The molecular weight excluding hydrogens is 690 g/mol. The summed E-state index contributed by atoms with van der Waals surface area (Å²) in [4.78, 5) is 58.6. The van der Waals surface area contributed by atoms with Crippen LogP contribution in [-0.4, -0.2) is 85.1 Å². The van der Waals surface area contributed by atoms with Crippen molar-refractivity contribution in [2.24, 2.45) is 0 Å². The van der Waals surface area contributed by atoms with Crippen LogP contribution in [0.2, 0.25) is 0 Å². The van der Waals surface area contributed by atoms with Crippen molar-refractivity contribution in [3.63, 3.8) is 0 Å². The number of fused-ring (bicyclic) bond motifs is 14. The maximum atomic E-state index is 13.9. The number of aliphatic hydroxyl groups excluding tert-OH is 1. The highest BCUT2D eigenvalue weighted by Crippen LogP contribution is 2.21. The lowest BCUT2D eigenvalue weighted by atomic mass is 10.0. The number of hydrogen-bond donors (Lipinski definition) is 5. The second kappa shape index (κ2) is 17.0. The summed E-state index contributed by atoms with van der Waals surface area (Å²) in [5, 5.41) is 30.6. The maximum Gasteiger partial charge on any atom is 0.245 e. The van der Waals surface area contributed by atoms with Crippen LogP contribution >= 0.6 is 0 Å². The van der Waals surface area contributed by atoms with E-state index in [9.17, 15) is 24.3 Å². The van der Waals surface area contributed by atoms with Crippen molar-refractivity contribution in [3.8, 4) is 22.8 Å². The van der Waals surface area contributed by atoms with Gasteiger partial charge >= 0.3 is 0 Å². The molecule has 0 saturated carbocycles. The van der Waals surface area contributed by atoms with E-state index in [-0.39, 0.29) is 44.3 Å². The van der Waals surface area contributed by atoms with Gasteiger partial charge in [0.05, 0.1) is 37.0 Å². The first-order chi connectivity index (χ1) is 26.1.